The molecule has 0 radical (unpaired) electrons. The SMILES string of the molecule is O[C@@H]1CN(Cc2ccc3c(c2)OCCO3)CC[C@H]1N1CCN(c2ccccn2)CC1. The van der Waals surface area contributed by atoms with Crippen LogP contribution in [0.2, 0.25) is 0 Å². The fraction of sp³-hybridized carbons (Fsp3) is 0.522. The van der Waals surface area contributed by atoms with E-state index in [1.165, 1.54) is 5.56 Å². The van der Waals surface area contributed by atoms with Crippen molar-refractivity contribution in [1.82, 2.24) is 14.8 Å². The number of rotatable bonds is 4. The quantitative estimate of drug-likeness (QED) is 0.822. The number of hydrogen-bond acceptors (Lipinski definition) is 7. The summed E-state index contributed by atoms with van der Waals surface area (Å²) in [5.41, 5.74) is 1.20. The Morgan fingerprint density at radius 1 is 0.967 bits per heavy atom. The summed E-state index contributed by atoms with van der Waals surface area (Å²) in [4.78, 5) is 11.6. The molecule has 1 N–H and O–H groups in total. The van der Waals surface area contributed by atoms with E-state index in [0.29, 0.717) is 19.8 Å². The molecule has 2 saturated heterocycles. The predicted octanol–water partition coefficient (Wildman–Crippen LogP) is 1.61. The Labute approximate surface area is 177 Å². The minimum absolute atomic E-state index is 0.243. The molecule has 0 bridgehead atoms. The molecule has 0 unspecified atom stereocenters. The maximum Gasteiger partial charge on any atom is 0.161 e. The van der Waals surface area contributed by atoms with Crippen LogP contribution in [0.1, 0.15) is 12.0 Å². The van der Waals surface area contributed by atoms with Gasteiger partial charge in [0.1, 0.15) is 19.0 Å². The molecule has 4 heterocycles. The van der Waals surface area contributed by atoms with Crippen LogP contribution in [0, 0.1) is 0 Å². The van der Waals surface area contributed by atoms with Crippen molar-refractivity contribution >= 4 is 5.82 Å². The molecule has 3 aliphatic heterocycles. The second kappa shape index (κ2) is 8.79. The summed E-state index contributed by atoms with van der Waals surface area (Å²) in [7, 11) is 0. The Hall–Kier alpha value is -2.35. The second-order valence-corrected chi connectivity index (χ2v) is 8.35. The molecule has 2 fully saturated rings. The minimum atomic E-state index is -0.322. The molecule has 2 atom stereocenters. The Kier molecular flexibility index (Phi) is 5.75. The molecule has 0 amide bonds. The van der Waals surface area contributed by atoms with Crippen molar-refractivity contribution in [3.05, 3.63) is 48.2 Å². The van der Waals surface area contributed by atoms with Crippen LogP contribution in [0.15, 0.2) is 42.6 Å². The van der Waals surface area contributed by atoms with Crippen LogP contribution in [0.4, 0.5) is 5.82 Å². The van der Waals surface area contributed by atoms with Gasteiger partial charge in [-0.2, -0.15) is 0 Å². The van der Waals surface area contributed by atoms with Gasteiger partial charge in [-0.1, -0.05) is 12.1 Å². The lowest BCUT2D eigenvalue weighted by atomic mass is 9.98. The van der Waals surface area contributed by atoms with E-state index >= 15 is 0 Å². The van der Waals surface area contributed by atoms with Crippen LogP contribution in [-0.2, 0) is 6.54 Å². The number of piperidine rings is 1. The summed E-state index contributed by atoms with van der Waals surface area (Å²) in [6, 6.07) is 12.5. The molecule has 1 aromatic heterocycles. The number of nitrogens with zero attached hydrogens (tertiary/aromatic N) is 4. The Balaban J connectivity index is 1.14. The molecule has 1 aromatic carbocycles. The summed E-state index contributed by atoms with van der Waals surface area (Å²) in [5, 5.41) is 10.9. The minimum Gasteiger partial charge on any atom is -0.486 e. The highest BCUT2D eigenvalue weighted by Gasteiger charge is 2.34. The van der Waals surface area contributed by atoms with E-state index in [1.807, 2.05) is 24.4 Å². The van der Waals surface area contributed by atoms with Crippen molar-refractivity contribution in [3.8, 4) is 11.5 Å². The van der Waals surface area contributed by atoms with E-state index < -0.39 is 0 Å². The van der Waals surface area contributed by atoms with Crippen LogP contribution < -0.4 is 14.4 Å². The van der Waals surface area contributed by atoms with Crippen molar-refractivity contribution in [3.63, 3.8) is 0 Å². The van der Waals surface area contributed by atoms with Crippen LogP contribution in [0.3, 0.4) is 0 Å². The first-order valence-electron chi connectivity index (χ1n) is 11.0. The van der Waals surface area contributed by atoms with Gasteiger partial charge in [0, 0.05) is 58.1 Å². The Bertz CT molecular complexity index is 842. The van der Waals surface area contributed by atoms with Gasteiger partial charge in [-0.3, -0.25) is 9.80 Å². The zero-order valence-electron chi connectivity index (χ0n) is 17.3. The van der Waals surface area contributed by atoms with Crippen LogP contribution >= 0.6 is 0 Å². The monoisotopic (exact) mass is 410 g/mol. The maximum atomic E-state index is 10.9. The highest BCUT2D eigenvalue weighted by Crippen LogP contribution is 2.31. The number of hydrogen-bond donors (Lipinski definition) is 1. The van der Waals surface area contributed by atoms with Gasteiger partial charge < -0.3 is 19.5 Å². The van der Waals surface area contributed by atoms with Gasteiger partial charge in [-0.15, -0.1) is 0 Å². The van der Waals surface area contributed by atoms with Crippen LogP contribution in [0.25, 0.3) is 0 Å². The number of benzene rings is 1. The Morgan fingerprint density at radius 3 is 2.57 bits per heavy atom. The zero-order chi connectivity index (χ0) is 20.3. The number of aromatic nitrogens is 1. The number of piperazine rings is 1. The van der Waals surface area contributed by atoms with Gasteiger partial charge >= 0.3 is 0 Å². The first kappa shape index (κ1) is 19.6. The topological polar surface area (TPSA) is 61.3 Å². The van der Waals surface area contributed by atoms with E-state index in [2.05, 4.69) is 37.9 Å². The number of aliphatic hydroxyl groups excluding tert-OH is 1. The van der Waals surface area contributed by atoms with Crippen LogP contribution in [-0.4, -0.2) is 84.5 Å². The summed E-state index contributed by atoms with van der Waals surface area (Å²) in [5.74, 6) is 2.71. The zero-order valence-corrected chi connectivity index (χ0v) is 17.3. The number of pyridine rings is 1. The molecule has 0 aliphatic carbocycles. The van der Waals surface area contributed by atoms with Crippen molar-refractivity contribution in [2.24, 2.45) is 0 Å². The standard InChI is InChI=1S/C23H30N4O3/c28-20-17-25(16-18-4-5-21-22(15-18)30-14-13-29-21)8-6-19(20)26-9-11-27(12-10-26)23-3-1-2-7-24-23/h1-5,7,15,19-20,28H,6,8-14,16-17H2/t19-,20-/m1/s1. The van der Waals surface area contributed by atoms with E-state index in [4.69, 9.17) is 9.47 Å². The lowest BCUT2D eigenvalue weighted by Crippen LogP contribution is -2.58. The van der Waals surface area contributed by atoms with Gasteiger partial charge in [-0.05, 0) is 36.2 Å². The van der Waals surface area contributed by atoms with Gasteiger partial charge in [0.15, 0.2) is 11.5 Å². The Morgan fingerprint density at radius 2 is 1.80 bits per heavy atom. The third-order valence-electron chi connectivity index (χ3n) is 6.40. The largest absolute Gasteiger partial charge is 0.486 e. The molecule has 5 rings (SSSR count). The summed E-state index contributed by atoms with van der Waals surface area (Å²) >= 11 is 0. The highest BCUT2D eigenvalue weighted by molar-refractivity contribution is 5.43. The van der Waals surface area contributed by atoms with Gasteiger partial charge in [0.25, 0.3) is 0 Å². The van der Waals surface area contributed by atoms with E-state index in [-0.39, 0.29) is 12.1 Å². The number of likely N-dealkylation sites (tertiary alicyclic amines) is 1. The molecule has 7 nitrogen and oxygen atoms in total. The third-order valence-corrected chi connectivity index (χ3v) is 6.40. The van der Waals surface area contributed by atoms with Gasteiger partial charge in [-0.25, -0.2) is 4.98 Å². The van der Waals surface area contributed by atoms with Crippen molar-refractivity contribution < 1.29 is 14.6 Å². The van der Waals surface area contributed by atoms with E-state index in [9.17, 15) is 5.11 Å². The molecule has 0 spiro atoms. The summed E-state index contributed by atoms with van der Waals surface area (Å²) < 4.78 is 11.3. The third kappa shape index (κ3) is 4.24. The normalized spacial score (nSPS) is 25.3. The van der Waals surface area contributed by atoms with Gasteiger partial charge in [0.2, 0.25) is 0 Å². The molecule has 30 heavy (non-hydrogen) atoms. The lowest BCUT2D eigenvalue weighted by molar-refractivity contribution is -0.0172. The lowest BCUT2D eigenvalue weighted by Gasteiger charge is -2.45. The molecule has 7 heteroatoms. The highest BCUT2D eigenvalue weighted by atomic mass is 16.6. The summed E-state index contributed by atoms with van der Waals surface area (Å²) in [6.45, 7) is 7.61. The van der Waals surface area contributed by atoms with Crippen molar-refractivity contribution in [1.29, 1.82) is 0 Å². The molecule has 0 saturated carbocycles. The molecular weight excluding hydrogens is 380 g/mol. The average molecular weight is 411 g/mol. The average Bonchev–Trinajstić information content (AvgIpc) is 2.80. The number of ether oxygens (including phenoxy) is 2. The first-order valence-corrected chi connectivity index (χ1v) is 11.0. The molecule has 2 aromatic rings. The van der Waals surface area contributed by atoms with Gasteiger partial charge in [0.05, 0.1) is 6.10 Å². The fourth-order valence-electron chi connectivity index (χ4n) is 4.82. The molecular formula is C23H30N4O3. The predicted molar refractivity (Wildman–Crippen MR) is 115 cm³/mol. The number of β-amino-alcohol motifs (C(OH)–C–C–N with tert-alkyl or cyclic N) is 1. The van der Waals surface area contributed by atoms with Crippen molar-refractivity contribution in [2.75, 3.05) is 57.4 Å². The number of fused-ring (bicyclic) bond motifs is 1. The maximum absolute atomic E-state index is 10.9. The molecule has 160 valence electrons. The smallest absolute Gasteiger partial charge is 0.161 e. The second-order valence-electron chi connectivity index (χ2n) is 8.35. The van der Waals surface area contributed by atoms with E-state index in [1.54, 1.807) is 0 Å². The molecule has 3 aliphatic rings. The number of anilines is 1. The fourth-order valence-corrected chi connectivity index (χ4v) is 4.82. The van der Waals surface area contributed by atoms with Crippen LogP contribution in [0.5, 0.6) is 11.5 Å². The van der Waals surface area contributed by atoms with E-state index in [0.717, 1.165) is 63.0 Å². The van der Waals surface area contributed by atoms with Crippen molar-refractivity contribution in [2.45, 2.75) is 25.1 Å². The number of aliphatic hydroxyl groups is 1. The first-order chi connectivity index (χ1) is 14.8. The summed E-state index contributed by atoms with van der Waals surface area (Å²) in [6.07, 6.45) is 2.52.